The number of sulfonamides is 1. The minimum atomic E-state index is -3.24. The summed E-state index contributed by atoms with van der Waals surface area (Å²) < 4.78 is 25.5. The largest absolute Gasteiger partial charge is 0.393 e. The molecule has 5 fully saturated rings. The van der Waals surface area contributed by atoms with Crippen LogP contribution in [0.3, 0.4) is 0 Å². The maximum atomic E-state index is 13.3. The number of aliphatic hydroxyl groups is 1. The molecule has 0 aromatic carbocycles. The standard InChI is InChI=1S/C22H32N2O4S/c1-29(27,28)23-19-12-24(13-19)20(25)11-22(16-5-3-2-4-6-16)17-7-14-8-18(22)10-15(9-17)21(14)26/h2-5,14-19,21,23,26H,6-13H2,1H3. The molecule has 6 aliphatic rings. The minimum Gasteiger partial charge on any atom is -0.393 e. The van der Waals surface area contributed by atoms with Crippen molar-refractivity contribution in [3.8, 4) is 0 Å². The van der Waals surface area contributed by atoms with Crippen molar-refractivity contribution >= 4 is 15.9 Å². The monoisotopic (exact) mass is 420 g/mol. The van der Waals surface area contributed by atoms with E-state index in [0.29, 0.717) is 49.1 Å². The summed E-state index contributed by atoms with van der Waals surface area (Å²) in [5, 5.41) is 10.6. The first-order valence-electron chi connectivity index (χ1n) is 11.0. The summed E-state index contributed by atoms with van der Waals surface area (Å²) >= 11 is 0. The number of nitrogens with zero attached hydrogens (tertiary/aromatic N) is 1. The van der Waals surface area contributed by atoms with E-state index >= 15 is 0 Å². The number of aliphatic hydroxyl groups excluding tert-OH is 1. The van der Waals surface area contributed by atoms with Gasteiger partial charge in [0.15, 0.2) is 0 Å². The van der Waals surface area contributed by atoms with Crippen molar-refractivity contribution in [2.45, 2.75) is 50.7 Å². The van der Waals surface area contributed by atoms with Gasteiger partial charge in [-0.3, -0.25) is 4.79 Å². The summed E-state index contributed by atoms with van der Waals surface area (Å²) in [6.07, 6.45) is 15.6. The van der Waals surface area contributed by atoms with Crippen LogP contribution in [0, 0.1) is 35.0 Å². The van der Waals surface area contributed by atoms with Crippen LogP contribution in [-0.2, 0) is 14.8 Å². The van der Waals surface area contributed by atoms with Gasteiger partial charge >= 0.3 is 0 Å². The van der Waals surface area contributed by atoms with Gasteiger partial charge in [0.05, 0.1) is 18.4 Å². The van der Waals surface area contributed by atoms with Crippen LogP contribution in [0.5, 0.6) is 0 Å². The van der Waals surface area contributed by atoms with Crippen LogP contribution in [0.1, 0.15) is 38.5 Å². The quantitative estimate of drug-likeness (QED) is 0.709. The van der Waals surface area contributed by atoms with E-state index in [9.17, 15) is 18.3 Å². The SMILES string of the molecule is CS(=O)(=O)NC1CN(C(=O)CC2(C3C=CC=CC3)C3CC4CC2CC(C3)C4O)C1. The molecule has 1 aliphatic heterocycles. The van der Waals surface area contributed by atoms with Gasteiger partial charge in [-0.05, 0) is 67.1 Å². The van der Waals surface area contributed by atoms with Gasteiger partial charge in [-0.25, -0.2) is 13.1 Å². The molecule has 1 heterocycles. The summed E-state index contributed by atoms with van der Waals surface area (Å²) in [6, 6.07) is -0.156. The van der Waals surface area contributed by atoms with Gasteiger partial charge in [-0.2, -0.15) is 0 Å². The molecule has 0 aromatic rings. The Balaban J connectivity index is 1.35. The van der Waals surface area contributed by atoms with Crippen molar-refractivity contribution in [2.75, 3.05) is 19.3 Å². The molecule has 1 atom stereocenters. The number of carbonyl (C=O) groups is 1. The average Bonchev–Trinajstić information content (AvgIpc) is 2.62. The molecule has 160 valence electrons. The zero-order valence-corrected chi connectivity index (χ0v) is 17.9. The number of hydrogen-bond acceptors (Lipinski definition) is 4. The number of allylic oxidation sites excluding steroid dienone is 4. The summed E-state index contributed by atoms with van der Waals surface area (Å²) in [6.45, 7) is 0.948. The Hall–Kier alpha value is -1.18. The van der Waals surface area contributed by atoms with Crippen molar-refractivity contribution in [1.29, 1.82) is 0 Å². The first-order chi connectivity index (χ1) is 13.8. The molecule has 0 aromatic heterocycles. The van der Waals surface area contributed by atoms with Crippen molar-refractivity contribution < 1.29 is 18.3 Å². The van der Waals surface area contributed by atoms with E-state index in [4.69, 9.17) is 0 Å². The molecular formula is C22H32N2O4S. The fourth-order valence-corrected chi connectivity index (χ4v) is 8.19. The normalized spacial score (nSPS) is 43.6. The van der Waals surface area contributed by atoms with Gasteiger partial charge in [-0.15, -0.1) is 0 Å². The second kappa shape index (κ2) is 6.92. The Bertz CT molecular complexity index is 813. The Morgan fingerprint density at radius 1 is 1.14 bits per heavy atom. The molecule has 6 nitrogen and oxygen atoms in total. The molecule has 4 saturated carbocycles. The van der Waals surface area contributed by atoms with E-state index < -0.39 is 10.0 Å². The van der Waals surface area contributed by atoms with Gasteiger partial charge in [0.2, 0.25) is 15.9 Å². The Labute approximate surface area is 173 Å². The Kier molecular flexibility index (Phi) is 4.72. The number of rotatable bonds is 5. The number of amides is 1. The lowest BCUT2D eigenvalue weighted by atomic mass is 9.40. The van der Waals surface area contributed by atoms with E-state index in [0.717, 1.165) is 32.1 Å². The van der Waals surface area contributed by atoms with Crippen molar-refractivity contribution in [3.05, 3.63) is 24.3 Å². The summed E-state index contributed by atoms with van der Waals surface area (Å²) in [7, 11) is -3.24. The zero-order chi connectivity index (χ0) is 20.4. The fraction of sp³-hybridized carbons (Fsp3) is 0.773. The van der Waals surface area contributed by atoms with Crippen LogP contribution in [0.15, 0.2) is 24.3 Å². The van der Waals surface area contributed by atoms with Crippen molar-refractivity contribution in [2.24, 2.45) is 35.0 Å². The van der Waals surface area contributed by atoms with Gasteiger partial charge in [0, 0.05) is 19.5 Å². The molecule has 2 N–H and O–H groups in total. The molecule has 4 bridgehead atoms. The third kappa shape index (κ3) is 3.29. The summed E-state index contributed by atoms with van der Waals surface area (Å²) in [5.74, 6) is 2.39. The van der Waals surface area contributed by atoms with E-state index in [2.05, 4.69) is 29.0 Å². The van der Waals surface area contributed by atoms with E-state index in [-0.39, 0.29) is 23.5 Å². The van der Waals surface area contributed by atoms with Gasteiger partial charge in [-0.1, -0.05) is 24.3 Å². The molecule has 5 aliphatic carbocycles. The molecule has 1 amide bonds. The average molecular weight is 421 g/mol. The molecule has 7 heteroatoms. The zero-order valence-electron chi connectivity index (χ0n) is 17.0. The smallest absolute Gasteiger partial charge is 0.223 e. The molecule has 0 radical (unpaired) electrons. The highest BCUT2D eigenvalue weighted by Gasteiger charge is 2.62. The third-order valence-electron chi connectivity index (χ3n) is 8.58. The van der Waals surface area contributed by atoms with Crippen molar-refractivity contribution in [3.63, 3.8) is 0 Å². The molecule has 1 unspecified atom stereocenters. The van der Waals surface area contributed by atoms with Crippen LogP contribution >= 0.6 is 0 Å². The number of carbonyl (C=O) groups excluding carboxylic acids is 1. The van der Waals surface area contributed by atoms with Gasteiger partial charge < -0.3 is 10.0 Å². The Morgan fingerprint density at radius 2 is 1.76 bits per heavy atom. The first kappa shape index (κ1) is 19.8. The highest BCUT2D eigenvalue weighted by molar-refractivity contribution is 7.88. The van der Waals surface area contributed by atoms with Crippen LogP contribution < -0.4 is 4.72 Å². The van der Waals surface area contributed by atoms with Crippen LogP contribution in [-0.4, -0.2) is 55.8 Å². The van der Waals surface area contributed by atoms with E-state index in [1.54, 1.807) is 0 Å². The highest BCUT2D eigenvalue weighted by atomic mass is 32.2. The minimum absolute atomic E-state index is 0.0131. The lowest BCUT2D eigenvalue weighted by molar-refractivity contribution is -0.189. The maximum absolute atomic E-state index is 13.3. The van der Waals surface area contributed by atoms with Gasteiger partial charge in [0.1, 0.15) is 0 Å². The van der Waals surface area contributed by atoms with Gasteiger partial charge in [0.25, 0.3) is 0 Å². The predicted octanol–water partition coefficient (Wildman–Crippen LogP) is 1.68. The number of hydrogen-bond donors (Lipinski definition) is 2. The topological polar surface area (TPSA) is 86.7 Å². The van der Waals surface area contributed by atoms with E-state index in [1.165, 1.54) is 6.26 Å². The lowest BCUT2D eigenvalue weighted by Crippen LogP contribution is -2.64. The van der Waals surface area contributed by atoms with Crippen LogP contribution in [0.4, 0.5) is 0 Å². The first-order valence-corrected chi connectivity index (χ1v) is 12.9. The molecule has 1 saturated heterocycles. The molecule has 6 rings (SSSR count). The second-order valence-corrected chi connectivity index (χ2v) is 12.0. The third-order valence-corrected chi connectivity index (χ3v) is 9.34. The van der Waals surface area contributed by atoms with Crippen molar-refractivity contribution in [1.82, 2.24) is 9.62 Å². The van der Waals surface area contributed by atoms with Crippen LogP contribution in [0.25, 0.3) is 0 Å². The molecule has 29 heavy (non-hydrogen) atoms. The van der Waals surface area contributed by atoms with E-state index in [1.807, 2.05) is 4.90 Å². The lowest BCUT2D eigenvalue weighted by Gasteiger charge is -2.65. The van der Waals surface area contributed by atoms with Crippen LogP contribution in [0.2, 0.25) is 0 Å². The second-order valence-electron chi connectivity index (χ2n) is 10.2. The Morgan fingerprint density at radius 3 is 2.28 bits per heavy atom. The predicted molar refractivity (Wildman–Crippen MR) is 110 cm³/mol. The number of nitrogens with one attached hydrogen (secondary N) is 1. The highest BCUT2D eigenvalue weighted by Crippen LogP contribution is 2.67. The summed E-state index contributed by atoms with van der Waals surface area (Å²) in [5.41, 5.74) is -0.0131. The fourth-order valence-electron chi connectivity index (χ4n) is 7.44. The molecule has 0 spiro atoms. The molecular weight excluding hydrogens is 388 g/mol. The summed E-state index contributed by atoms with van der Waals surface area (Å²) in [4.78, 5) is 15.1. The number of likely N-dealkylation sites (tertiary alicyclic amines) is 1. The maximum Gasteiger partial charge on any atom is 0.223 e.